The van der Waals surface area contributed by atoms with Crippen molar-refractivity contribution in [3.8, 4) is 0 Å². The molecule has 184 valence electrons. The van der Waals surface area contributed by atoms with Crippen molar-refractivity contribution in [1.29, 1.82) is 0 Å². The van der Waals surface area contributed by atoms with Crippen LogP contribution in [-0.4, -0.2) is 60.6 Å². The summed E-state index contributed by atoms with van der Waals surface area (Å²) < 4.78 is 23.5. The normalized spacial score (nSPS) is 37.8. The average Bonchev–Trinajstić information content (AvgIpc) is 3.70. The van der Waals surface area contributed by atoms with Crippen LogP contribution in [0.4, 0.5) is 0 Å². The number of fused-ring (bicyclic) bond motifs is 4. The lowest BCUT2D eigenvalue weighted by molar-refractivity contribution is -0.186. The minimum Gasteiger partial charge on any atom is -0.358 e. The van der Waals surface area contributed by atoms with E-state index in [1.165, 1.54) is 32.1 Å². The molecule has 3 saturated heterocycles. The number of nitrogens with one attached hydrogen (secondary N) is 1. The van der Waals surface area contributed by atoms with Gasteiger partial charge in [0.2, 0.25) is 5.91 Å². The predicted molar refractivity (Wildman–Crippen MR) is 124 cm³/mol. The Morgan fingerprint density at radius 3 is 2.55 bits per heavy atom. The zero-order chi connectivity index (χ0) is 23.6. The second-order valence-electron chi connectivity index (χ2n) is 10.1. The third kappa shape index (κ3) is 5.42. The Morgan fingerprint density at radius 2 is 1.88 bits per heavy atom. The second-order valence-corrected chi connectivity index (χ2v) is 10.1. The molecule has 7 atom stereocenters. The van der Waals surface area contributed by atoms with Crippen LogP contribution in [0.15, 0.2) is 23.8 Å². The number of carbonyl (C=O) groups is 2. The first-order valence-electron chi connectivity index (χ1n) is 12.7. The molecule has 3 aliphatic heterocycles. The van der Waals surface area contributed by atoms with Crippen LogP contribution < -0.4 is 5.32 Å². The lowest BCUT2D eigenvalue weighted by Crippen LogP contribution is -2.49. The van der Waals surface area contributed by atoms with Crippen LogP contribution in [0.25, 0.3) is 0 Å². The van der Waals surface area contributed by atoms with E-state index in [-0.39, 0.29) is 29.9 Å². The van der Waals surface area contributed by atoms with Crippen molar-refractivity contribution in [2.24, 2.45) is 5.92 Å². The molecule has 0 radical (unpaired) electrons. The molecule has 0 bridgehead atoms. The van der Waals surface area contributed by atoms with Crippen molar-refractivity contribution in [1.82, 2.24) is 5.32 Å². The van der Waals surface area contributed by atoms with Gasteiger partial charge in [-0.05, 0) is 25.7 Å². The molecule has 1 N–H and O–H groups in total. The van der Waals surface area contributed by atoms with E-state index in [9.17, 15) is 9.59 Å². The maximum Gasteiger partial charge on any atom is 0.244 e. The van der Waals surface area contributed by atoms with Crippen LogP contribution in [0.5, 0.6) is 0 Å². The van der Waals surface area contributed by atoms with Crippen LogP contribution in [0.2, 0.25) is 0 Å². The van der Waals surface area contributed by atoms with Gasteiger partial charge in [-0.15, -0.1) is 0 Å². The number of amides is 1. The lowest BCUT2D eigenvalue weighted by Gasteiger charge is -2.27. The maximum absolute atomic E-state index is 12.7. The largest absolute Gasteiger partial charge is 0.358 e. The first-order valence-corrected chi connectivity index (χ1v) is 12.7. The number of ether oxygens (including phenoxy) is 4. The summed E-state index contributed by atoms with van der Waals surface area (Å²) in [6, 6.07) is -0.321. The molecule has 4 fully saturated rings. The first-order chi connectivity index (χ1) is 15.9. The molecule has 1 spiro atoms. The Labute approximate surface area is 197 Å². The van der Waals surface area contributed by atoms with Crippen molar-refractivity contribution in [3.63, 3.8) is 0 Å². The number of carbonyl (C=O) groups excluding carboxylic acids is 2. The number of ketones is 1. The highest BCUT2D eigenvalue weighted by Crippen LogP contribution is 2.57. The third-order valence-corrected chi connectivity index (χ3v) is 7.08. The van der Waals surface area contributed by atoms with E-state index in [1.54, 1.807) is 6.08 Å². The van der Waals surface area contributed by atoms with E-state index < -0.39 is 24.1 Å². The van der Waals surface area contributed by atoms with Crippen LogP contribution >= 0.6 is 0 Å². The van der Waals surface area contributed by atoms with Gasteiger partial charge in [-0.1, -0.05) is 64.2 Å². The molecule has 33 heavy (non-hydrogen) atoms. The molecule has 3 heterocycles. The Morgan fingerprint density at radius 1 is 1.15 bits per heavy atom. The Hall–Kier alpha value is -1.54. The molecule has 1 amide bonds. The van der Waals surface area contributed by atoms with Gasteiger partial charge >= 0.3 is 0 Å². The number of unbranched alkanes of at least 4 members (excludes halogenated alkanes) is 3. The molecule has 0 aromatic carbocycles. The van der Waals surface area contributed by atoms with Crippen molar-refractivity contribution in [3.05, 3.63) is 23.8 Å². The fourth-order valence-corrected chi connectivity index (χ4v) is 5.30. The zero-order valence-electron chi connectivity index (χ0n) is 20.4. The van der Waals surface area contributed by atoms with Crippen molar-refractivity contribution in [2.45, 2.75) is 115 Å². The summed E-state index contributed by atoms with van der Waals surface area (Å²) in [4.78, 5) is 24.9. The van der Waals surface area contributed by atoms with Gasteiger partial charge in [0.15, 0.2) is 12.1 Å². The minimum absolute atomic E-state index is 0.0162. The number of rotatable bonds is 12. The average molecular weight is 462 g/mol. The summed E-state index contributed by atoms with van der Waals surface area (Å²) >= 11 is 0. The molecule has 7 nitrogen and oxygen atoms in total. The molecule has 7 heteroatoms. The zero-order valence-corrected chi connectivity index (χ0v) is 20.4. The number of hydrogen-bond acceptors (Lipinski definition) is 6. The molecule has 4 aliphatic rings. The summed E-state index contributed by atoms with van der Waals surface area (Å²) in [5.74, 6) is 0.335. The molecule has 1 saturated carbocycles. The van der Waals surface area contributed by atoms with Gasteiger partial charge in [0.25, 0.3) is 0 Å². The van der Waals surface area contributed by atoms with Gasteiger partial charge in [0.05, 0.1) is 6.04 Å². The Bertz CT molecular complexity index is 772. The highest BCUT2D eigenvalue weighted by Gasteiger charge is 2.79. The summed E-state index contributed by atoms with van der Waals surface area (Å²) in [7, 11) is 0. The van der Waals surface area contributed by atoms with E-state index in [1.807, 2.05) is 19.9 Å². The van der Waals surface area contributed by atoms with Gasteiger partial charge in [-0.3, -0.25) is 9.59 Å². The SMILES string of the molecule is CCCCCCC(C)/C=C(C)\C=C\C(=O)NC1CC2(OC1OCCC)C1OC1C(=O)C1OC12. The minimum atomic E-state index is -0.716. The van der Waals surface area contributed by atoms with Crippen LogP contribution in [-0.2, 0) is 28.5 Å². The van der Waals surface area contributed by atoms with Gasteiger partial charge in [-0.25, -0.2) is 0 Å². The van der Waals surface area contributed by atoms with Gasteiger partial charge in [0, 0.05) is 19.1 Å². The summed E-state index contributed by atoms with van der Waals surface area (Å²) in [5, 5.41) is 3.06. The van der Waals surface area contributed by atoms with Gasteiger partial charge in [0.1, 0.15) is 30.0 Å². The summed E-state index contributed by atoms with van der Waals surface area (Å²) in [6.45, 7) is 9.04. The van der Waals surface area contributed by atoms with Crippen molar-refractivity contribution in [2.75, 3.05) is 6.61 Å². The molecule has 1 aliphatic carbocycles. The van der Waals surface area contributed by atoms with Gasteiger partial charge in [-0.2, -0.15) is 0 Å². The topological polar surface area (TPSA) is 89.7 Å². The van der Waals surface area contributed by atoms with Gasteiger partial charge < -0.3 is 24.3 Å². The van der Waals surface area contributed by atoms with E-state index >= 15 is 0 Å². The fourth-order valence-electron chi connectivity index (χ4n) is 5.30. The molecular formula is C26H39NO6. The molecule has 0 aromatic rings. The Balaban J connectivity index is 1.32. The standard InChI is InChI=1S/C26H39NO6/c1-5-7-8-9-10-16(3)14-17(4)11-12-19(28)27-18-15-26(33-25(18)30-13-6-2)23-21(31-23)20(29)22-24(26)32-22/h11-12,14,16,18,21-25H,5-10,13,15H2,1-4H3,(H,27,28)/b12-11+,17-14-. The molecular weight excluding hydrogens is 422 g/mol. The fraction of sp³-hybridized carbons (Fsp3) is 0.769. The number of hydrogen-bond donors (Lipinski definition) is 1. The highest BCUT2D eigenvalue weighted by molar-refractivity contribution is 5.94. The lowest BCUT2D eigenvalue weighted by atomic mass is 9.81. The van der Waals surface area contributed by atoms with Crippen molar-refractivity contribution < 1.29 is 28.5 Å². The highest BCUT2D eigenvalue weighted by atomic mass is 16.7. The second kappa shape index (κ2) is 10.4. The molecule has 7 unspecified atom stereocenters. The van der Waals surface area contributed by atoms with Crippen LogP contribution in [0, 0.1) is 5.92 Å². The Kier molecular flexibility index (Phi) is 7.73. The van der Waals surface area contributed by atoms with E-state index in [4.69, 9.17) is 18.9 Å². The maximum atomic E-state index is 12.7. The third-order valence-electron chi connectivity index (χ3n) is 7.08. The van der Waals surface area contributed by atoms with Crippen LogP contribution in [0.1, 0.15) is 72.6 Å². The number of epoxide rings is 2. The number of Topliss-reactive ketones (excluding diaryl/α,β-unsaturated/α-hetero) is 1. The summed E-state index contributed by atoms with van der Waals surface area (Å²) in [5.41, 5.74) is 0.368. The van der Waals surface area contributed by atoms with Crippen LogP contribution in [0.3, 0.4) is 0 Å². The van der Waals surface area contributed by atoms with E-state index in [2.05, 4.69) is 25.2 Å². The quantitative estimate of drug-likeness (QED) is 0.207. The van der Waals surface area contributed by atoms with Crippen molar-refractivity contribution >= 4 is 11.7 Å². The van der Waals surface area contributed by atoms with E-state index in [0.29, 0.717) is 18.9 Å². The summed E-state index contributed by atoms with van der Waals surface area (Å²) in [6.07, 6.45) is 11.2. The van der Waals surface area contributed by atoms with E-state index in [0.717, 1.165) is 12.0 Å². The monoisotopic (exact) mass is 461 g/mol. The first kappa shape index (κ1) is 24.6. The molecule has 0 aromatic heterocycles. The predicted octanol–water partition coefficient (Wildman–Crippen LogP) is 3.61. The molecule has 4 rings (SSSR count). The smallest absolute Gasteiger partial charge is 0.244 e. The number of allylic oxidation sites excluding steroid dienone is 3.